The van der Waals surface area contributed by atoms with Crippen molar-refractivity contribution in [2.24, 2.45) is 5.41 Å². The average Bonchev–Trinajstić information content (AvgIpc) is 3.67. The molecule has 2 aromatic carbocycles. The minimum atomic E-state index is -0.528. The number of benzene rings is 2. The fourth-order valence-corrected chi connectivity index (χ4v) is 6.75. The van der Waals surface area contributed by atoms with Gasteiger partial charge < -0.3 is 24.4 Å². The molecular weight excluding hydrogens is 566 g/mol. The first-order valence-corrected chi connectivity index (χ1v) is 14.8. The standard InChI is InChI=1S/C33H32ClN5O4/c1-32(2,3)43-31(42)38-18-27-33(14-26(33)38)19-39(27)28-12-9-20(15-35-28)30(41)36-16-21-17-37(23-7-5-4-6-8-23)25-13-22(34)10-11-24(25)29(21)40/h4-13,15,17,26-27H,14,16,18-19H2,1-3H3,(H,36,41)/t26?,27-,33?/m1/s1. The second-order valence-electron chi connectivity index (χ2n) is 12.7. The van der Waals surface area contributed by atoms with E-state index in [1.807, 2.05) is 66.6 Å². The van der Waals surface area contributed by atoms with E-state index in [0.717, 1.165) is 24.5 Å². The normalized spacial score (nSPS) is 22.0. The first kappa shape index (κ1) is 27.5. The lowest BCUT2D eigenvalue weighted by Gasteiger charge is -2.47. The molecule has 220 valence electrons. The summed E-state index contributed by atoms with van der Waals surface area (Å²) in [6, 6.07) is 18.9. The Hall–Kier alpha value is -4.37. The van der Waals surface area contributed by atoms with Crippen LogP contribution in [-0.2, 0) is 11.3 Å². The highest BCUT2D eigenvalue weighted by molar-refractivity contribution is 6.31. The zero-order valence-electron chi connectivity index (χ0n) is 24.2. The van der Waals surface area contributed by atoms with Gasteiger partial charge in [0.1, 0.15) is 11.4 Å². The van der Waals surface area contributed by atoms with Crippen molar-refractivity contribution in [2.75, 3.05) is 18.0 Å². The Balaban J connectivity index is 1.05. The topological polar surface area (TPSA) is 96.8 Å². The zero-order valence-corrected chi connectivity index (χ0v) is 25.0. The maximum Gasteiger partial charge on any atom is 0.410 e. The minimum absolute atomic E-state index is 0.0590. The quantitative estimate of drug-likeness (QED) is 0.341. The maximum atomic E-state index is 13.3. The predicted molar refractivity (Wildman–Crippen MR) is 165 cm³/mol. The number of rotatable bonds is 5. The smallest absolute Gasteiger partial charge is 0.410 e. The number of piperidine rings is 1. The van der Waals surface area contributed by atoms with Crippen molar-refractivity contribution in [1.82, 2.24) is 19.8 Å². The molecule has 4 heterocycles. The van der Waals surface area contributed by atoms with Crippen molar-refractivity contribution >= 4 is 40.3 Å². The molecule has 2 aromatic heterocycles. The number of carbonyl (C=O) groups is 2. The van der Waals surface area contributed by atoms with Crippen molar-refractivity contribution in [3.63, 3.8) is 0 Å². The molecule has 1 spiro atoms. The highest BCUT2D eigenvalue weighted by Crippen LogP contribution is 2.65. The first-order valence-electron chi connectivity index (χ1n) is 14.4. The van der Waals surface area contributed by atoms with E-state index in [1.165, 1.54) is 0 Å². The van der Waals surface area contributed by atoms with Gasteiger partial charge in [-0.2, -0.15) is 0 Å². The number of fused-ring (bicyclic) bond motifs is 1. The van der Waals surface area contributed by atoms with E-state index in [-0.39, 0.29) is 41.5 Å². The van der Waals surface area contributed by atoms with Gasteiger partial charge >= 0.3 is 6.09 Å². The maximum absolute atomic E-state index is 13.3. The third kappa shape index (κ3) is 4.72. The van der Waals surface area contributed by atoms with Gasteiger partial charge in [0, 0.05) is 65.1 Å². The van der Waals surface area contributed by atoms with Gasteiger partial charge in [-0.1, -0.05) is 29.8 Å². The molecule has 10 heteroatoms. The molecule has 3 fully saturated rings. The van der Waals surface area contributed by atoms with Crippen LogP contribution in [0.2, 0.25) is 5.02 Å². The van der Waals surface area contributed by atoms with Crippen molar-refractivity contribution in [1.29, 1.82) is 0 Å². The summed E-state index contributed by atoms with van der Waals surface area (Å²) in [4.78, 5) is 47.8. The van der Waals surface area contributed by atoms with Gasteiger partial charge in [-0.15, -0.1) is 0 Å². The van der Waals surface area contributed by atoms with Crippen molar-refractivity contribution in [2.45, 2.75) is 51.4 Å². The molecule has 1 aliphatic carbocycles. The molecule has 0 bridgehead atoms. The highest BCUT2D eigenvalue weighted by atomic mass is 35.5. The number of nitrogens with zero attached hydrogens (tertiary/aromatic N) is 4. The predicted octanol–water partition coefficient (Wildman–Crippen LogP) is 5.17. The number of hydrogen-bond donors (Lipinski definition) is 1. The van der Waals surface area contributed by atoms with Crippen LogP contribution in [0.15, 0.2) is 77.9 Å². The number of amides is 2. The van der Waals surface area contributed by atoms with Crippen LogP contribution in [0.4, 0.5) is 10.6 Å². The lowest BCUT2D eigenvalue weighted by molar-refractivity contribution is 0.0261. The molecule has 7 rings (SSSR count). The number of ether oxygens (including phenoxy) is 1. The van der Waals surface area contributed by atoms with Gasteiger partial charge in [0.05, 0.1) is 17.1 Å². The molecule has 2 aliphatic heterocycles. The Kier molecular flexibility index (Phi) is 6.28. The second-order valence-corrected chi connectivity index (χ2v) is 13.1. The van der Waals surface area contributed by atoms with Crippen molar-refractivity contribution in [3.8, 4) is 5.69 Å². The summed E-state index contributed by atoms with van der Waals surface area (Å²) in [7, 11) is 0. The fourth-order valence-electron chi connectivity index (χ4n) is 6.59. The van der Waals surface area contributed by atoms with Crippen molar-refractivity contribution in [3.05, 3.63) is 99.4 Å². The van der Waals surface area contributed by atoms with Crippen LogP contribution in [0.25, 0.3) is 16.6 Å². The van der Waals surface area contributed by atoms with E-state index in [9.17, 15) is 14.4 Å². The number of pyridine rings is 2. The molecule has 2 saturated heterocycles. The van der Waals surface area contributed by atoms with Crippen LogP contribution in [0, 0.1) is 5.41 Å². The molecule has 9 nitrogen and oxygen atoms in total. The van der Waals surface area contributed by atoms with Crippen LogP contribution in [-0.4, -0.2) is 57.2 Å². The van der Waals surface area contributed by atoms with Gasteiger partial charge in [-0.25, -0.2) is 9.78 Å². The van der Waals surface area contributed by atoms with Gasteiger partial charge in [-0.05, 0) is 69.7 Å². The molecule has 2 amide bonds. The number of carbonyl (C=O) groups excluding carboxylic acids is 2. The van der Waals surface area contributed by atoms with Crippen LogP contribution in [0.5, 0.6) is 0 Å². The van der Waals surface area contributed by atoms with E-state index in [0.29, 0.717) is 33.6 Å². The Bertz CT molecular complexity index is 1820. The molecule has 3 atom stereocenters. The third-order valence-electron chi connectivity index (χ3n) is 8.77. The number of aromatic nitrogens is 2. The van der Waals surface area contributed by atoms with Gasteiger partial charge in [0.15, 0.2) is 5.43 Å². The molecule has 3 aliphatic rings. The summed E-state index contributed by atoms with van der Waals surface area (Å²) in [6.07, 6.45) is 4.05. The van der Waals surface area contributed by atoms with Crippen LogP contribution < -0.4 is 15.6 Å². The molecule has 1 saturated carbocycles. The Labute approximate surface area is 254 Å². The molecular formula is C33H32ClN5O4. The van der Waals surface area contributed by atoms with Gasteiger partial charge in [0.25, 0.3) is 5.91 Å². The van der Waals surface area contributed by atoms with Gasteiger partial charge in [-0.3, -0.25) is 9.59 Å². The molecule has 2 unspecified atom stereocenters. The van der Waals surface area contributed by atoms with Crippen LogP contribution in [0.3, 0.4) is 0 Å². The Morgan fingerprint density at radius 2 is 1.88 bits per heavy atom. The lowest BCUT2D eigenvalue weighted by atomic mass is 9.86. The number of halogens is 1. The number of anilines is 1. The van der Waals surface area contributed by atoms with E-state index in [4.69, 9.17) is 16.3 Å². The van der Waals surface area contributed by atoms with Gasteiger partial charge in [0.2, 0.25) is 0 Å². The Morgan fingerprint density at radius 1 is 1.09 bits per heavy atom. The number of para-hydroxylation sites is 1. The van der Waals surface area contributed by atoms with Crippen LogP contribution >= 0.6 is 11.6 Å². The zero-order chi connectivity index (χ0) is 30.1. The van der Waals surface area contributed by atoms with Crippen LogP contribution in [0.1, 0.15) is 43.1 Å². The monoisotopic (exact) mass is 597 g/mol. The van der Waals surface area contributed by atoms with E-state index < -0.39 is 5.60 Å². The first-order chi connectivity index (χ1) is 20.5. The van der Waals surface area contributed by atoms with E-state index in [1.54, 1.807) is 36.7 Å². The number of likely N-dealkylation sites (tertiary alicyclic amines) is 1. The molecule has 1 N–H and O–H groups in total. The summed E-state index contributed by atoms with van der Waals surface area (Å²) in [5, 5.41) is 3.94. The molecule has 0 radical (unpaired) electrons. The summed E-state index contributed by atoms with van der Waals surface area (Å²) in [5.41, 5.74) is 1.88. The van der Waals surface area contributed by atoms with E-state index in [2.05, 4.69) is 15.2 Å². The number of hydrogen-bond acceptors (Lipinski definition) is 6. The summed E-state index contributed by atoms with van der Waals surface area (Å²) in [6.45, 7) is 7.15. The second kappa shape index (κ2) is 9.84. The summed E-state index contributed by atoms with van der Waals surface area (Å²) in [5.74, 6) is 0.461. The van der Waals surface area contributed by atoms with E-state index >= 15 is 0 Å². The lowest BCUT2D eigenvalue weighted by Crippen LogP contribution is -2.59. The molecule has 4 aromatic rings. The summed E-state index contributed by atoms with van der Waals surface area (Å²) < 4.78 is 7.54. The highest BCUT2D eigenvalue weighted by Gasteiger charge is 2.75. The minimum Gasteiger partial charge on any atom is -0.444 e. The summed E-state index contributed by atoms with van der Waals surface area (Å²) >= 11 is 6.26. The van der Waals surface area contributed by atoms with Crippen molar-refractivity contribution < 1.29 is 14.3 Å². The largest absolute Gasteiger partial charge is 0.444 e. The molecule has 43 heavy (non-hydrogen) atoms. The third-order valence-corrected chi connectivity index (χ3v) is 9.01. The fraction of sp³-hybridized carbons (Fsp3) is 0.333. The number of nitrogens with one attached hydrogen (secondary N) is 1. The average molecular weight is 598 g/mol. The SMILES string of the molecule is CC(C)(C)OC(=O)N1C[C@H]2N(c3ccc(C(=O)NCc4cn(-c5ccccc5)c5cc(Cl)ccc5c4=O)cn3)CC23CC13. The Morgan fingerprint density at radius 3 is 2.60 bits per heavy atom.